The zero-order valence-electron chi connectivity index (χ0n) is 18.7. The molecular weight excluding hydrogens is 408 g/mol. The van der Waals surface area contributed by atoms with Gasteiger partial charge in [-0.15, -0.1) is 0 Å². The Morgan fingerprint density at radius 3 is 2.38 bits per heavy atom. The topological polar surface area (TPSA) is 95.9 Å². The fourth-order valence-electron chi connectivity index (χ4n) is 3.98. The lowest BCUT2D eigenvalue weighted by Crippen LogP contribution is -2.52. The lowest BCUT2D eigenvalue weighted by atomic mass is 9.96. The summed E-state index contributed by atoms with van der Waals surface area (Å²) in [5.41, 5.74) is 1.57. The van der Waals surface area contributed by atoms with Crippen molar-refractivity contribution in [2.75, 3.05) is 11.5 Å². The average Bonchev–Trinajstić information content (AvgIpc) is 3.16. The van der Waals surface area contributed by atoms with Crippen LogP contribution >= 0.6 is 0 Å². The molecule has 1 aliphatic rings. The van der Waals surface area contributed by atoms with E-state index in [1.807, 2.05) is 44.2 Å². The number of amides is 2. The van der Waals surface area contributed by atoms with E-state index in [1.165, 1.54) is 4.90 Å². The van der Waals surface area contributed by atoms with Crippen LogP contribution in [0.1, 0.15) is 45.1 Å². The molecule has 7 nitrogen and oxygen atoms in total. The van der Waals surface area contributed by atoms with Gasteiger partial charge in [-0.1, -0.05) is 50.2 Å². The number of carboxylic acid groups (broad SMARTS) is 1. The zero-order chi connectivity index (χ0) is 23.3. The number of ether oxygens (including phenoxy) is 1. The van der Waals surface area contributed by atoms with Crippen LogP contribution in [0.4, 0.5) is 5.69 Å². The molecule has 7 heteroatoms. The number of carbonyl (C=O) groups excluding carboxylic acids is 2. The summed E-state index contributed by atoms with van der Waals surface area (Å²) >= 11 is 0. The number of para-hydroxylation sites is 2. The minimum absolute atomic E-state index is 0.0981. The van der Waals surface area contributed by atoms with Crippen LogP contribution in [0, 0.1) is 5.92 Å². The van der Waals surface area contributed by atoms with Gasteiger partial charge in [-0.2, -0.15) is 0 Å². The minimum Gasteiger partial charge on any atom is -0.493 e. The van der Waals surface area contributed by atoms with Gasteiger partial charge in [0, 0.05) is 23.6 Å². The molecule has 0 saturated carbocycles. The number of carbonyl (C=O) groups is 3. The van der Waals surface area contributed by atoms with Gasteiger partial charge in [0.05, 0.1) is 6.61 Å². The van der Waals surface area contributed by atoms with E-state index in [2.05, 4.69) is 5.32 Å². The molecule has 3 atom stereocenters. The maximum absolute atomic E-state index is 13.4. The van der Waals surface area contributed by atoms with Crippen molar-refractivity contribution in [3.63, 3.8) is 0 Å². The van der Waals surface area contributed by atoms with E-state index in [-0.39, 0.29) is 24.2 Å². The number of aliphatic carboxylic acids is 1. The summed E-state index contributed by atoms with van der Waals surface area (Å²) in [7, 11) is 0. The number of rotatable bonds is 9. The Hall–Kier alpha value is -3.35. The first-order chi connectivity index (χ1) is 15.3. The predicted octanol–water partition coefficient (Wildman–Crippen LogP) is 3.59. The highest BCUT2D eigenvalue weighted by atomic mass is 16.5. The van der Waals surface area contributed by atoms with Crippen molar-refractivity contribution >= 4 is 23.5 Å². The van der Waals surface area contributed by atoms with Gasteiger partial charge < -0.3 is 20.1 Å². The summed E-state index contributed by atoms with van der Waals surface area (Å²) in [6.45, 7) is 5.82. The van der Waals surface area contributed by atoms with Crippen LogP contribution in [-0.4, -0.2) is 41.6 Å². The molecule has 0 aromatic heterocycles. The van der Waals surface area contributed by atoms with Crippen LogP contribution in [-0.2, 0) is 14.4 Å². The van der Waals surface area contributed by atoms with Crippen molar-refractivity contribution in [1.82, 2.24) is 5.32 Å². The highest BCUT2D eigenvalue weighted by Gasteiger charge is 2.33. The standard InChI is InChI=1S/C25H30N2O5/c1-16(2)13-21(25(30)31)26-24(29)17(3)27(19-9-5-4-6-10-19)23(28)14-18-15-32-22-12-8-7-11-20(18)22/h4-12,16-18,21H,13-15H2,1-3H3,(H,26,29)(H,30,31)/t17-,18?,21-/m0/s1. The van der Waals surface area contributed by atoms with Crippen LogP contribution in [0.3, 0.4) is 0 Å². The molecule has 0 radical (unpaired) electrons. The van der Waals surface area contributed by atoms with Crippen molar-refractivity contribution in [3.8, 4) is 5.75 Å². The van der Waals surface area contributed by atoms with E-state index >= 15 is 0 Å². The quantitative estimate of drug-likeness (QED) is 0.624. The molecule has 0 spiro atoms. The predicted molar refractivity (Wildman–Crippen MR) is 122 cm³/mol. The smallest absolute Gasteiger partial charge is 0.326 e. The number of hydrogen-bond acceptors (Lipinski definition) is 4. The first kappa shape index (κ1) is 23.3. The van der Waals surface area contributed by atoms with Crippen LogP contribution in [0.2, 0.25) is 0 Å². The second-order valence-corrected chi connectivity index (χ2v) is 8.55. The van der Waals surface area contributed by atoms with Crippen molar-refractivity contribution in [2.45, 2.75) is 51.6 Å². The summed E-state index contributed by atoms with van der Waals surface area (Å²) in [4.78, 5) is 39.5. The molecule has 2 aromatic carbocycles. The summed E-state index contributed by atoms with van der Waals surface area (Å²) in [6.07, 6.45) is 0.487. The molecular formula is C25H30N2O5. The fraction of sp³-hybridized carbons (Fsp3) is 0.400. The molecule has 2 aromatic rings. The molecule has 1 unspecified atom stereocenters. The van der Waals surface area contributed by atoms with Crippen LogP contribution in [0.5, 0.6) is 5.75 Å². The van der Waals surface area contributed by atoms with Crippen molar-refractivity contribution in [1.29, 1.82) is 0 Å². The van der Waals surface area contributed by atoms with Crippen LogP contribution in [0.25, 0.3) is 0 Å². The summed E-state index contributed by atoms with van der Waals surface area (Å²) < 4.78 is 5.71. The minimum atomic E-state index is -1.09. The van der Waals surface area contributed by atoms with E-state index in [9.17, 15) is 19.5 Å². The first-order valence-corrected chi connectivity index (χ1v) is 10.9. The summed E-state index contributed by atoms with van der Waals surface area (Å²) in [5.74, 6) is -1.04. The second kappa shape index (κ2) is 10.3. The third kappa shape index (κ3) is 5.46. The molecule has 2 N–H and O–H groups in total. The Bertz CT molecular complexity index is 960. The number of nitrogens with one attached hydrogen (secondary N) is 1. The Kier molecular flexibility index (Phi) is 7.51. The number of anilines is 1. The zero-order valence-corrected chi connectivity index (χ0v) is 18.7. The second-order valence-electron chi connectivity index (χ2n) is 8.55. The van der Waals surface area contributed by atoms with Gasteiger partial charge in [-0.3, -0.25) is 9.59 Å². The average molecular weight is 439 g/mol. The van der Waals surface area contributed by atoms with Crippen molar-refractivity contribution in [3.05, 3.63) is 60.2 Å². The third-order valence-corrected chi connectivity index (χ3v) is 5.61. The van der Waals surface area contributed by atoms with E-state index in [0.717, 1.165) is 11.3 Å². The number of hydrogen-bond donors (Lipinski definition) is 2. The number of carboxylic acids is 1. The Morgan fingerprint density at radius 2 is 1.72 bits per heavy atom. The Labute approximate surface area is 188 Å². The van der Waals surface area contributed by atoms with Crippen LogP contribution < -0.4 is 15.0 Å². The molecule has 32 heavy (non-hydrogen) atoms. The molecule has 0 bridgehead atoms. The van der Waals surface area contributed by atoms with Crippen LogP contribution in [0.15, 0.2) is 54.6 Å². The molecule has 1 heterocycles. The van der Waals surface area contributed by atoms with Gasteiger partial charge in [-0.25, -0.2) is 4.79 Å². The first-order valence-electron chi connectivity index (χ1n) is 10.9. The molecule has 3 rings (SSSR count). The Morgan fingerprint density at radius 1 is 1.06 bits per heavy atom. The Balaban J connectivity index is 1.80. The summed E-state index contributed by atoms with van der Waals surface area (Å²) in [5, 5.41) is 12.1. The van der Waals surface area contributed by atoms with Crippen molar-refractivity contribution < 1.29 is 24.2 Å². The van der Waals surface area contributed by atoms with Gasteiger partial charge in [0.2, 0.25) is 11.8 Å². The highest BCUT2D eigenvalue weighted by Crippen LogP contribution is 2.36. The van der Waals surface area contributed by atoms with E-state index in [1.54, 1.807) is 31.2 Å². The molecule has 0 saturated heterocycles. The SMILES string of the molecule is CC(C)C[C@H](NC(=O)[C@H](C)N(C(=O)CC1COc2ccccc21)c1ccccc1)C(=O)O. The highest BCUT2D eigenvalue weighted by molar-refractivity contribution is 6.01. The maximum atomic E-state index is 13.4. The van der Waals surface area contributed by atoms with Gasteiger partial charge in [-0.05, 0) is 37.5 Å². The van der Waals surface area contributed by atoms with Gasteiger partial charge in [0.1, 0.15) is 17.8 Å². The lowest BCUT2D eigenvalue weighted by Gasteiger charge is -2.30. The molecule has 2 amide bonds. The van der Waals surface area contributed by atoms with E-state index in [4.69, 9.17) is 4.74 Å². The normalized spacial score (nSPS) is 16.6. The number of fused-ring (bicyclic) bond motifs is 1. The van der Waals surface area contributed by atoms with Gasteiger partial charge >= 0.3 is 5.97 Å². The van der Waals surface area contributed by atoms with E-state index in [0.29, 0.717) is 18.7 Å². The fourth-order valence-corrected chi connectivity index (χ4v) is 3.98. The lowest BCUT2D eigenvalue weighted by molar-refractivity contribution is -0.142. The maximum Gasteiger partial charge on any atom is 0.326 e. The van der Waals surface area contributed by atoms with Gasteiger partial charge in [0.15, 0.2) is 0 Å². The van der Waals surface area contributed by atoms with Gasteiger partial charge in [0.25, 0.3) is 0 Å². The molecule has 170 valence electrons. The monoisotopic (exact) mass is 438 g/mol. The summed E-state index contributed by atoms with van der Waals surface area (Å²) in [6, 6.07) is 14.7. The number of benzene rings is 2. The third-order valence-electron chi connectivity index (χ3n) is 5.61. The van der Waals surface area contributed by atoms with Crippen molar-refractivity contribution in [2.24, 2.45) is 5.92 Å². The van der Waals surface area contributed by atoms with E-state index < -0.39 is 24.0 Å². The molecule has 0 aliphatic carbocycles. The molecule has 1 aliphatic heterocycles. The number of nitrogens with zero attached hydrogens (tertiary/aromatic N) is 1. The molecule has 0 fully saturated rings. The largest absolute Gasteiger partial charge is 0.493 e.